The predicted octanol–water partition coefficient (Wildman–Crippen LogP) is 4.03. The smallest absolute Gasteiger partial charge is 0.165 e. The Labute approximate surface area is 203 Å². The molecular weight excluding hydrogens is 428 g/mol. The number of piperidine rings is 1. The molecule has 2 unspecified atom stereocenters. The van der Waals surface area contributed by atoms with Crippen LogP contribution in [0.4, 0.5) is 0 Å². The van der Waals surface area contributed by atoms with E-state index in [1.807, 2.05) is 36.4 Å². The normalized spacial score (nSPS) is 20.1. The number of benzene rings is 2. The van der Waals surface area contributed by atoms with Crippen LogP contribution in [0.5, 0.6) is 11.5 Å². The van der Waals surface area contributed by atoms with Crippen LogP contribution in [0.15, 0.2) is 48.5 Å². The minimum Gasteiger partial charge on any atom is -0.493 e. The highest BCUT2D eigenvalue weighted by Gasteiger charge is 2.36. The Morgan fingerprint density at radius 2 is 1.85 bits per heavy atom. The van der Waals surface area contributed by atoms with Gasteiger partial charge in [0, 0.05) is 18.7 Å². The van der Waals surface area contributed by atoms with Crippen LogP contribution >= 0.6 is 0 Å². The topological polar surface area (TPSA) is 84.0 Å². The van der Waals surface area contributed by atoms with Gasteiger partial charge in [-0.3, -0.25) is 15.3 Å². The Hall–Kier alpha value is -2.61. The first-order valence-corrected chi connectivity index (χ1v) is 12.3. The minimum absolute atomic E-state index is 0.309. The molecule has 2 fully saturated rings. The van der Waals surface area contributed by atoms with Crippen LogP contribution in [-0.2, 0) is 11.2 Å². The largest absolute Gasteiger partial charge is 0.493 e. The summed E-state index contributed by atoms with van der Waals surface area (Å²) in [6.07, 6.45) is 5.64. The summed E-state index contributed by atoms with van der Waals surface area (Å²) < 4.78 is 17.3. The van der Waals surface area contributed by atoms with Gasteiger partial charge >= 0.3 is 0 Å². The molecule has 2 atom stereocenters. The summed E-state index contributed by atoms with van der Waals surface area (Å²) in [6, 6.07) is 15.8. The predicted molar refractivity (Wildman–Crippen MR) is 134 cm³/mol. The number of amidine groups is 1. The number of nitrogens with two attached hydrogens (primary N) is 1. The maximum atomic E-state index is 9.15. The van der Waals surface area contributed by atoms with Crippen molar-refractivity contribution in [3.63, 3.8) is 0 Å². The first-order valence-electron chi connectivity index (χ1n) is 12.3. The third-order valence-corrected chi connectivity index (χ3v) is 7.21. The summed E-state index contributed by atoms with van der Waals surface area (Å²) in [6.45, 7) is 3.25. The summed E-state index contributed by atoms with van der Waals surface area (Å²) in [5, 5.41) is 10.7. The van der Waals surface area contributed by atoms with Crippen molar-refractivity contribution in [1.29, 1.82) is 5.41 Å². The number of hydrogen-bond donors (Lipinski definition) is 2. The zero-order valence-electron chi connectivity index (χ0n) is 20.4. The highest BCUT2D eigenvalue weighted by molar-refractivity contribution is 5.86. The van der Waals surface area contributed by atoms with E-state index in [9.17, 15) is 0 Å². The number of hydrogen-bond acceptors (Lipinski definition) is 6. The first kappa shape index (κ1) is 24.5. The number of nitrogens with one attached hydrogen (secondary N) is 1. The molecule has 4 rings (SSSR count). The second-order valence-electron chi connectivity index (χ2n) is 9.22. The number of methoxy groups -OCH3 is 2. The monoisotopic (exact) mass is 466 g/mol. The number of ether oxygens (including phenoxy) is 3. The lowest BCUT2D eigenvalue weighted by Crippen LogP contribution is -2.49. The fourth-order valence-corrected chi connectivity index (χ4v) is 5.34. The SMILES string of the molecule is COc1cccc(C(C(=N)N(N)CCc2ccccc2)N2CCC(C3CCCO3)CC2)c1OC. The third-order valence-electron chi connectivity index (χ3n) is 7.21. The van der Waals surface area contributed by atoms with E-state index in [-0.39, 0.29) is 6.04 Å². The molecule has 0 aliphatic carbocycles. The Kier molecular flexibility index (Phi) is 8.43. The van der Waals surface area contributed by atoms with Gasteiger partial charge in [0.15, 0.2) is 11.5 Å². The molecule has 0 radical (unpaired) electrons. The molecule has 7 nitrogen and oxygen atoms in total. The molecular formula is C27H38N4O3. The van der Waals surface area contributed by atoms with Crippen LogP contribution < -0.4 is 15.3 Å². The van der Waals surface area contributed by atoms with Gasteiger partial charge in [-0.1, -0.05) is 42.5 Å². The second-order valence-corrected chi connectivity index (χ2v) is 9.22. The number of rotatable bonds is 9. The van der Waals surface area contributed by atoms with E-state index in [1.54, 1.807) is 19.2 Å². The fraction of sp³-hybridized carbons (Fsp3) is 0.519. The van der Waals surface area contributed by atoms with Gasteiger partial charge in [0.1, 0.15) is 5.84 Å². The number of hydrazine groups is 1. The summed E-state index contributed by atoms with van der Waals surface area (Å²) in [5.74, 6) is 8.78. The molecule has 2 aromatic carbocycles. The highest BCUT2D eigenvalue weighted by atomic mass is 16.5. The highest BCUT2D eigenvalue weighted by Crippen LogP contribution is 2.40. The van der Waals surface area contributed by atoms with Crippen molar-refractivity contribution in [3.8, 4) is 11.5 Å². The fourth-order valence-electron chi connectivity index (χ4n) is 5.34. The van der Waals surface area contributed by atoms with Crippen molar-refractivity contribution in [2.24, 2.45) is 11.8 Å². The molecule has 0 saturated carbocycles. The lowest BCUT2D eigenvalue weighted by atomic mass is 9.88. The number of para-hydroxylation sites is 1. The molecule has 2 saturated heterocycles. The van der Waals surface area contributed by atoms with Crippen LogP contribution in [0, 0.1) is 11.3 Å². The Balaban J connectivity index is 1.55. The minimum atomic E-state index is -0.309. The van der Waals surface area contributed by atoms with Crippen molar-refractivity contribution < 1.29 is 14.2 Å². The van der Waals surface area contributed by atoms with E-state index in [1.165, 1.54) is 18.4 Å². The van der Waals surface area contributed by atoms with Gasteiger partial charge in [-0.2, -0.15) is 0 Å². The van der Waals surface area contributed by atoms with Gasteiger partial charge in [0.2, 0.25) is 0 Å². The van der Waals surface area contributed by atoms with Gasteiger partial charge in [0.25, 0.3) is 0 Å². The van der Waals surface area contributed by atoms with Gasteiger partial charge in [-0.05, 0) is 62.7 Å². The van der Waals surface area contributed by atoms with Gasteiger partial charge in [0.05, 0.1) is 26.4 Å². The van der Waals surface area contributed by atoms with Crippen molar-refractivity contribution in [3.05, 3.63) is 59.7 Å². The lowest BCUT2D eigenvalue weighted by Gasteiger charge is -2.41. The van der Waals surface area contributed by atoms with Crippen LogP contribution in [0.3, 0.4) is 0 Å². The van der Waals surface area contributed by atoms with Crippen LogP contribution in [-0.4, -0.2) is 62.3 Å². The molecule has 7 heteroatoms. The summed E-state index contributed by atoms with van der Waals surface area (Å²) in [5.41, 5.74) is 2.12. The summed E-state index contributed by atoms with van der Waals surface area (Å²) >= 11 is 0. The average Bonchev–Trinajstić information content (AvgIpc) is 3.43. The molecule has 2 aliphatic heterocycles. The van der Waals surface area contributed by atoms with Gasteiger partial charge < -0.3 is 14.2 Å². The number of nitrogens with zero attached hydrogens (tertiary/aromatic N) is 2. The summed E-state index contributed by atoms with van der Waals surface area (Å²) in [7, 11) is 3.30. The maximum Gasteiger partial charge on any atom is 0.165 e. The van der Waals surface area contributed by atoms with Crippen molar-refractivity contribution in [1.82, 2.24) is 9.91 Å². The Morgan fingerprint density at radius 1 is 1.09 bits per heavy atom. The van der Waals surface area contributed by atoms with Gasteiger partial charge in [-0.25, -0.2) is 5.84 Å². The van der Waals surface area contributed by atoms with E-state index in [0.717, 1.165) is 44.5 Å². The van der Waals surface area contributed by atoms with E-state index in [0.29, 0.717) is 35.9 Å². The molecule has 2 aliphatic rings. The Morgan fingerprint density at radius 3 is 2.50 bits per heavy atom. The quantitative estimate of drug-likeness (QED) is 0.251. The van der Waals surface area contributed by atoms with E-state index in [4.69, 9.17) is 25.5 Å². The second kappa shape index (κ2) is 11.7. The first-order chi connectivity index (χ1) is 16.6. The van der Waals surface area contributed by atoms with Crippen LogP contribution in [0.2, 0.25) is 0 Å². The standard InChI is InChI=1S/C27H38N4O3/c1-32-24-11-6-10-22(26(24)33-2)25(27(28)31(29)18-13-20-8-4-3-5-9-20)30-16-14-21(15-17-30)23-12-7-19-34-23/h3-6,8-11,21,23,25,28H,7,12-19,29H2,1-2H3. The summed E-state index contributed by atoms with van der Waals surface area (Å²) in [4.78, 5) is 2.37. The molecule has 3 N–H and O–H groups in total. The van der Waals surface area contributed by atoms with Gasteiger partial charge in [-0.15, -0.1) is 0 Å². The van der Waals surface area contributed by atoms with E-state index in [2.05, 4.69) is 17.0 Å². The van der Waals surface area contributed by atoms with Crippen molar-refractivity contribution >= 4 is 5.84 Å². The molecule has 0 aromatic heterocycles. The molecule has 2 aromatic rings. The van der Waals surface area contributed by atoms with Crippen LogP contribution in [0.25, 0.3) is 0 Å². The van der Waals surface area contributed by atoms with Crippen LogP contribution in [0.1, 0.15) is 42.9 Å². The average molecular weight is 467 g/mol. The van der Waals surface area contributed by atoms with Crippen molar-refractivity contribution in [2.75, 3.05) is 40.5 Å². The maximum absolute atomic E-state index is 9.15. The molecule has 2 heterocycles. The molecule has 0 bridgehead atoms. The van der Waals surface area contributed by atoms with E-state index >= 15 is 0 Å². The van der Waals surface area contributed by atoms with Crippen molar-refractivity contribution in [2.45, 2.75) is 44.2 Å². The molecule has 0 spiro atoms. The van der Waals surface area contributed by atoms with E-state index < -0.39 is 0 Å². The molecule has 184 valence electrons. The lowest BCUT2D eigenvalue weighted by molar-refractivity contribution is 0.0272. The zero-order chi connectivity index (χ0) is 23.9. The third kappa shape index (κ3) is 5.54. The number of likely N-dealkylation sites (tertiary alicyclic amines) is 1. The molecule has 34 heavy (non-hydrogen) atoms. The Bertz CT molecular complexity index is 925. The molecule has 0 amide bonds. The zero-order valence-corrected chi connectivity index (χ0v) is 20.4.